The maximum absolute atomic E-state index is 12.9. The van der Waals surface area contributed by atoms with Gasteiger partial charge in [-0.15, -0.1) is 0 Å². The van der Waals surface area contributed by atoms with Gasteiger partial charge in [0.2, 0.25) is 5.91 Å². The van der Waals surface area contributed by atoms with E-state index in [2.05, 4.69) is 15.2 Å². The van der Waals surface area contributed by atoms with Crippen molar-refractivity contribution in [3.05, 3.63) is 41.5 Å². The van der Waals surface area contributed by atoms with Crippen molar-refractivity contribution in [2.24, 2.45) is 0 Å². The van der Waals surface area contributed by atoms with Crippen LogP contribution in [0.25, 0.3) is 0 Å². The molecule has 0 spiro atoms. The summed E-state index contributed by atoms with van der Waals surface area (Å²) in [6, 6.07) is 7.73. The van der Waals surface area contributed by atoms with Gasteiger partial charge in [0.15, 0.2) is 5.82 Å². The van der Waals surface area contributed by atoms with Crippen LogP contribution < -0.4 is 4.74 Å². The minimum atomic E-state index is -0.281. The van der Waals surface area contributed by atoms with Crippen LogP contribution in [0.3, 0.4) is 0 Å². The fourth-order valence-electron chi connectivity index (χ4n) is 3.21. The van der Waals surface area contributed by atoms with Gasteiger partial charge in [0.25, 0.3) is 0 Å². The normalized spacial score (nSPS) is 23.0. The summed E-state index contributed by atoms with van der Waals surface area (Å²) in [5, 5.41) is 7.11. The third-order valence-corrected chi connectivity index (χ3v) is 4.55. The molecule has 1 aromatic carbocycles. The van der Waals surface area contributed by atoms with E-state index in [1.54, 1.807) is 0 Å². The van der Waals surface area contributed by atoms with Gasteiger partial charge in [0.1, 0.15) is 30.2 Å². The number of benzene rings is 1. The minimum Gasteiger partial charge on any atom is -0.492 e. The number of aromatic amines is 1. The largest absolute Gasteiger partial charge is 0.492 e. The van der Waals surface area contributed by atoms with E-state index in [0.29, 0.717) is 32.1 Å². The molecule has 3 heterocycles. The average molecular weight is 328 g/mol. The van der Waals surface area contributed by atoms with Gasteiger partial charge in [-0.2, -0.15) is 5.10 Å². The van der Waals surface area contributed by atoms with Crippen molar-refractivity contribution in [1.82, 2.24) is 20.1 Å². The fraction of sp³-hybridized carbons (Fsp3) is 0.471. The number of aryl methyl sites for hydroxylation is 1. The summed E-state index contributed by atoms with van der Waals surface area (Å²) >= 11 is 0. The molecule has 0 radical (unpaired) electrons. The smallest absolute Gasteiger partial charge is 0.233 e. The molecular formula is C17H20N4O3. The molecule has 24 heavy (non-hydrogen) atoms. The van der Waals surface area contributed by atoms with Crippen molar-refractivity contribution < 1.29 is 14.3 Å². The third kappa shape index (κ3) is 2.65. The molecular weight excluding hydrogens is 308 g/mol. The molecule has 0 bridgehead atoms. The summed E-state index contributed by atoms with van der Waals surface area (Å²) in [4.78, 5) is 19.2. The van der Waals surface area contributed by atoms with Crippen LogP contribution in [0.5, 0.6) is 5.75 Å². The van der Waals surface area contributed by atoms with E-state index in [4.69, 9.17) is 9.47 Å². The summed E-state index contributed by atoms with van der Waals surface area (Å²) in [6.07, 6.45) is 0.510. The second kappa shape index (κ2) is 6.24. The summed E-state index contributed by atoms with van der Waals surface area (Å²) in [7, 11) is 0. The average Bonchev–Trinajstić information content (AvgIpc) is 3.28. The van der Waals surface area contributed by atoms with E-state index in [0.717, 1.165) is 23.6 Å². The molecule has 2 aliphatic heterocycles. The molecule has 2 aliphatic rings. The Kier molecular flexibility index (Phi) is 3.93. The van der Waals surface area contributed by atoms with E-state index >= 15 is 0 Å². The molecule has 7 nitrogen and oxygen atoms in total. The summed E-state index contributed by atoms with van der Waals surface area (Å²) in [6.45, 7) is 3.96. The van der Waals surface area contributed by atoms with Gasteiger partial charge in [-0.25, -0.2) is 4.98 Å². The topological polar surface area (TPSA) is 80.3 Å². The Morgan fingerprint density at radius 1 is 1.42 bits per heavy atom. The Morgan fingerprint density at radius 3 is 3.12 bits per heavy atom. The van der Waals surface area contributed by atoms with Gasteiger partial charge in [-0.05, 0) is 6.07 Å². The lowest BCUT2D eigenvalue weighted by Gasteiger charge is -2.33. The monoisotopic (exact) mass is 328 g/mol. The van der Waals surface area contributed by atoms with Crippen LogP contribution in [-0.2, 0) is 16.0 Å². The number of aromatic nitrogens is 3. The van der Waals surface area contributed by atoms with E-state index in [9.17, 15) is 4.79 Å². The summed E-state index contributed by atoms with van der Waals surface area (Å²) < 4.78 is 11.4. The van der Waals surface area contributed by atoms with Gasteiger partial charge >= 0.3 is 0 Å². The molecule has 1 fully saturated rings. The second-order valence-corrected chi connectivity index (χ2v) is 6.04. The zero-order valence-corrected chi connectivity index (χ0v) is 13.6. The molecule has 1 aromatic heterocycles. The van der Waals surface area contributed by atoms with Crippen molar-refractivity contribution in [3.8, 4) is 5.75 Å². The molecule has 126 valence electrons. The Morgan fingerprint density at radius 2 is 2.29 bits per heavy atom. The number of carbonyl (C=O) groups is 1. The van der Waals surface area contributed by atoms with Crippen LogP contribution >= 0.6 is 0 Å². The van der Waals surface area contributed by atoms with Crippen molar-refractivity contribution in [2.45, 2.75) is 25.4 Å². The number of carbonyl (C=O) groups excluding carboxylic acids is 1. The number of nitrogens with zero attached hydrogens (tertiary/aromatic N) is 3. The minimum absolute atomic E-state index is 0.0829. The highest BCUT2D eigenvalue weighted by molar-refractivity contribution is 5.85. The SMILES string of the molecule is CCc1nc([C@@H]2CN(C(=O)[C@@H]3COc4ccccc43)CCO2)n[nH]1. The Hall–Kier alpha value is -2.41. The van der Waals surface area contributed by atoms with E-state index in [1.807, 2.05) is 36.1 Å². The number of rotatable bonds is 3. The molecule has 1 saturated heterocycles. The van der Waals surface area contributed by atoms with Gasteiger partial charge in [0.05, 0.1) is 13.2 Å². The second-order valence-electron chi connectivity index (χ2n) is 6.04. The fourth-order valence-corrected chi connectivity index (χ4v) is 3.21. The van der Waals surface area contributed by atoms with Gasteiger partial charge < -0.3 is 14.4 Å². The number of morpholine rings is 1. The first-order valence-corrected chi connectivity index (χ1v) is 8.29. The standard InChI is InChI=1S/C17H20N4O3/c1-2-15-18-16(20-19-15)14-9-21(7-8-23-14)17(22)12-10-24-13-6-4-3-5-11(12)13/h3-6,12,14H,2,7-10H2,1H3,(H,18,19,20)/t12-,14+/m1/s1. The Labute approximate surface area is 140 Å². The van der Waals surface area contributed by atoms with Crippen LogP contribution in [0.15, 0.2) is 24.3 Å². The highest BCUT2D eigenvalue weighted by atomic mass is 16.5. The van der Waals surface area contributed by atoms with Gasteiger partial charge in [-0.1, -0.05) is 25.1 Å². The summed E-state index contributed by atoms with van der Waals surface area (Å²) in [5.74, 6) is 2.10. The Balaban J connectivity index is 1.49. The number of H-pyrrole nitrogens is 1. The molecule has 7 heteroatoms. The molecule has 0 saturated carbocycles. The number of hydrogen-bond donors (Lipinski definition) is 1. The zero-order valence-electron chi connectivity index (χ0n) is 13.6. The highest BCUT2D eigenvalue weighted by Gasteiger charge is 2.36. The van der Waals surface area contributed by atoms with Crippen LogP contribution in [0.4, 0.5) is 0 Å². The lowest BCUT2D eigenvalue weighted by molar-refractivity contribution is -0.141. The van der Waals surface area contributed by atoms with E-state index in [-0.39, 0.29) is 17.9 Å². The highest BCUT2D eigenvalue weighted by Crippen LogP contribution is 2.35. The maximum Gasteiger partial charge on any atom is 0.233 e. The van der Waals surface area contributed by atoms with E-state index in [1.165, 1.54) is 0 Å². The van der Waals surface area contributed by atoms with Crippen LogP contribution in [0.2, 0.25) is 0 Å². The molecule has 1 amide bonds. The van der Waals surface area contributed by atoms with Gasteiger partial charge in [0, 0.05) is 18.5 Å². The van der Waals surface area contributed by atoms with Crippen molar-refractivity contribution >= 4 is 5.91 Å². The lowest BCUT2D eigenvalue weighted by atomic mass is 9.99. The van der Waals surface area contributed by atoms with Crippen molar-refractivity contribution in [1.29, 1.82) is 0 Å². The van der Waals surface area contributed by atoms with Crippen LogP contribution in [0.1, 0.15) is 36.2 Å². The molecule has 1 N–H and O–H groups in total. The quantitative estimate of drug-likeness (QED) is 0.922. The molecule has 0 unspecified atom stereocenters. The maximum atomic E-state index is 12.9. The first kappa shape index (κ1) is 15.1. The van der Waals surface area contributed by atoms with Crippen LogP contribution in [-0.4, -0.2) is 52.3 Å². The van der Waals surface area contributed by atoms with Crippen molar-refractivity contribution in [2.75, 3.05) is 26.3 Å². The molecule has 0 aliphatic carbocycles. The van der Waals surface area contributed by atoms with Crippen molar-refractivity contribution in [3.63, 3.8) is 0 Å². The number of ether oxygens (including phenoxy) is 2. The molecule has 2 aromatic rings. The number of nitrogens with one attached hydrogen (secondary N) is 1. The number of para-hydroxylation sites is 1. The van der Waals surface area contributed by atoms with E-state index < -0.39 is 0 Å². The molecule has 2 atom stereocenters. The predicted molar refractivity (Wildman–Crippen MR) is 85.7 cm³/mol. The van der Waals surface area contributed by atoms with Crippen LogP contribution in [0, 0.1) is 0 Å². The lowest BCUT2D eigenvalue weighted by Crippen LogP contribution is -2.45. The summed E-state index contributed by atoms with van der Waals surface area (Å²) in [5.41, 5.74) is 0.969. The third-order valence-electron chi connectivity index (χ3n) is 4.55. The number of fused-ring (bicyclic) bond motifs is 1. The first-order chi connectivity index (χ1) is 11.8. The zero-order chi connectivity index (χ0) is 16.5. The number of amides is 1. The predicted octanol–water partition coefficient (Wildman–Crippen LogP) is 1.44. The Bertz CT molecular complexity index is 745. The molecule has 4 rings (SSSR count). The number of hydrogen-bond acceptors (Lipinski definition) is 5. The van der Waals surface area contributed by atoms with Gasteiger partial charge in [-0.3, -0.25) is 9.89 Å². The first-order valence-electron chi connectivity index (χ1n) is 8.29.